The molecule has 1 aliphatic rings. The van der Waals surface area contributed by atoms with Crippen molar-refractivity contribution in [1.29, 1.82) is 5.41 Å². The first kappa shape index (κ1) is 12.2. The predicted octanol–water partition coefficient (Wildman–Crippen LogP) is 3.00. The van der Waals surface area contributed by atoms with Gasteiger partial charge in [-0.05, 0) is 37.5 Å². The lowest BCUT2D eigenvalue weighted by atomic mass is 10.1. The smallest absolute Gasteiger partial charge is 0.124 e. The molecule has 0 radical (unpaired) electrons. The summed E-state index contributed by atoms with van der Waals surface area (Å²) in [7, 11) is 0. The number of nitrogens with two attached hydrogens (primary N) is 1. The normalized spacial score (nSPS) is 14.7. The van der Waals surface area contributed by atoms with E-state index in [1.807, 2.05) is 12.1 Å². The van der Waals surface area contributed by atoms with E-state index in [0.717, 1.165) is 24.2 Å². The molecule has 0 atom stereocenters. The number of benzene rings is 1. The van der Waals surface area contributed by atoms with Crippen LogP contribution >= 0.6 is 11.6 Å². The molecule has 3 N–H and O–H groups in total. The van der Waals surface area contributed by atoms with Crippen molar-refractivity contribution in [1.82, 2.24) is 0 Å². The van der Waals surface area contributed by atoms with E-state index in [1.165, 1.54) is 12.8 Å². The van der Waals surface area contributed by atoms with Gasteiger partial charge in [0.1, 0.15) is 5.84 Å². The van der Waals surface area contributed by atoms with Gasteiger partial charge < -0.3 is 10.6 Å². The number of hydrogen-bond donors (Lipinski definition) is 2. The largest absolute Gasteiger partial charge is 0.384 e. The number of rotatable bonds is 5. The zero-order valence-electron chi connectivity index (χ0n) is 10.0. The summed E-state index contributed by atoms with van der Waals surface area (Å²) in [6.07, 6.45) is 3.54. The Morgan fingerprint density at radius 2 is 2.24 bits per heavy atom. The van der Waals surface area contributed by atoms with E-state index >= 15 is 0 Å². The molecule has 2 rings (SSSR count). The average Bonchev–Trinajstić information content (AvgIpc) is 3.09. The van der Waals surface area contributed by atoms with Crippen LogP contribution in [0.15, 0.2) is 18.2 Å². The van der Waals surface area contributed by atoms with Gasteiger partial charge in [0.15, 0.2) is 0 Å². The monoisotopic (exact) mass is 251 g/mol. The molecular weight excluding hydrogens is 234 g/mol. The van der Waals surface area contributed by atoms with Crippen LogP contribution in [0.2, 0.25) is 5.02 Å². The summed E-state index contributed by atoms with van der Waals surface area (Å²) in [6, 6.07) is 6.15. The highest BCUT2D eigenvalue weighted by Gasteiger charge is 2.30. The lowest BCUT2D eigenvalue weighted by Gasteiger charge is -2.26. The Labute approximate surface area is 107 Å². The molecule has 0 spiro atoms. The van der Waals surface area contributed by atoms with E-state index in [2.05, 4.69) is 11.8 Å². The van der Waals surface area contributed by atoms with E-state index in [0.29, 0.717) is 11.1 Å². The quantitative estimate of drug-likeness (QED) is 0.624. The third kappa shape index (κ3) is 2.72. The maximum Gasteiger partial charge on any atom is 0.124 e. The van der Waals surface area contributed by atoms with Gasteiger partial charge in [-0.3, -0.25) is 5.41 Å². The minimum absolute atomic E-state index is 0.110. The lowest BCUT2D eigenvalue weighted by Crippen LogP contribution is -2.29. The second kappa shape index (κ2) is 4.96. The molecule has 0 unspecified atom stereocenters. The summed E-state index contributed by atoms with van der Waals surface area (Å²) < 4.78 is 0. The van der Waals surface area contributed by atoms with Crippen LogP contribution < -0.4 is 10.6 Å². The Kier molecular flexibility index (Phi) is 3.57. The number of nitrogens with zero attached hydrogens (tertiary/aromatic N) is 1. The van der Waals surface area contributed by atoms with Crippen molar-refractivity contribution in [3.8, 4) is 0 Å². The number of hydrogen-bond acceptors (Lipinski definition) is 2. The number of nitrogen functional groups attached to an aromatic ring is 1. The van der Waals surface area contributed by atoms with Gasteiger partial charge in [-0.25, -0.2) is 0 Å². The molecule has 0 aromatic heterocycles. The van der Waals surface area contributed by atoms with Gasteiger partial charge in [-0.15, -0.1) is 0 Å². The summed E-state index contributed by atoms with van der Waals surface area (Å²) in [4.78, 5) is 2.34. The molecule has 0 bridgehead atoms. The highest BCUT2D eigenvalue weighted by molar-refractivity contribution is 6.31. The van der Waals surface area contributed by atoms with Crippen molar-refractivity contribution in [3.05, 3.63) is 28.8 Å². The van der Waals surface area contributed by atoms with E-state index in [4.69, 9.17) is 22.7 Å². The summed E-state index contributed by atoms with van der Waals surface area (Å²) in [6.45, 7) is 3.15. The van der Waals surface area contributed by atoms with Crippen LogP contribution in [0.3, 0.4) is 0 Å². The van der Waals surface area contributed by atoms with Crippen molar-refractivity contribution in [2.45, 2.75) is 32.2 Å². The Hall–Kier alpha value is -1.22. The van der Waals surface area contributed by atoms with Crippen LogP contribution in [-0.4, -0.2) is 18.4 Å². The zero-order valence-corrected chi connectivity index (χ0v) is 10.8. The third-order valence-corrected chi connectivity index (χ3v) is 3.25. The molecule has 1 aliphatic carbocycles. The average molecular weight is 252 g/mol. The highest BCUT2D eigenvalue weighted by Crippen LogP contribution is 2.35. The fourth-order valence-electron chi connectivity index (χ4n) is 2.10. The second-order valence-electron chi connectivity index (χ2n) is 4.50. The molecule has 1 aromatic rings. The number of nitrogens with one attached hydrogen (secondary N) is 1. The first-order valence-electron chi connectivity index (χ1n) is 6.04. The summed E-state index contributed by atoms with van der Waals surface area (Å²) >= 11 is 6.05. The fraction of sp³-hybridized carbons (Fsp3) is 0.462. The highest BCUT2D eigenvalue weighted by atomic mass is 35.5. The predicted molar refractivity (Wildman–Crippen MR) is 73.1 cm³/mol. The van der Waals surface area contributed by atoms with E-state index < -0.39 is 0 Å². The summed E-state index contributed by atoms with van der Waals surface area (Å²) in [5, 5.41) is 8.34. The summed E-state index contributed by atoms with van der Waals surface area (Å²) in [5.74, 6) is 0.110. The first-order valence-corrected chi connectivity index (χ1v) is 6.42. The number of halogens is 1. The Morgan fingerprint density at radius 3 is 2.76 bits per heavy atom. The number of amidine groups is 1. The van der Waals surface area contributed by atoms with Crippen molar-refractivity contribution in [3.63, 3.8) is 0 Å². The Balaban J connectivity index is 2.39. The van der Waals surface area contributed by atoms with Gasteiger partial charge in [0, 0.05) is 28.9 Å². The van der Waals surface area contributed by atoms with Gasteiger partial charge in [0.05, 0.1) is 0 Å². The van der Waals surface area contributed by atoms with Crippen LogP contribution in [-0.2, 0) is 0 Å². The van der Waals surface area contributed by atoms with E-state index in [1.54, 1.807) is 6.07 Å². The van der Waals surface area contributed by atoms with Crippen molar-refractivity contribution < 1.29 is 0 Å². The molecular formula is C13H18ClN3. The van der Waals surface area contributed by atoms with E-state index in [9.17, 15) is 0 Å². The SMILES string of the molecule is CCCN(c1cc(Cl)ccc1C(=N)N)C1CC1. The molecule has 1 fully saturated rings. The van der Waals surface area contributed by atoms with Gasteiger partial charge >= 0.3 is 0 Å². The van der Waals surface area contributed by atoms with Crippen LogP contribution in [0.4, 0.5) is 5.69 Å². The van der Waals surface area contributed by atoms with Gasteiger partial charge in [-0.2, -0.15) is 0 Å². The standard InChI is InChI=1S/C13H18ClN3/c1-2-7-17(10-4-5-10)12-8-9(14)3-6-11(12)13(15)16/h3,6,8,10H,2,4-5,7H2,1H3,(H3,15,16). The van der Waals surface area contributed by atoms with Gasteiger partial charge in [0.2, 0.25) is 0 Å². The fourth-order valence-corrected chi connectivity index (χ4v) is 2.26. The molecule has 0 saturated heterocycles. The molecule has 1 aromatic carbocycles. The third-order valence-electron chi connectivity index (χ3n) is 3.01. The van der Waals surface area contributed by atoms with Crippen LogP contribution in [0.1, 0.15) is 31.7 Å². The molecule has 3 nitrogen and oxygen atoms in total. The molecule has 17 heavy (non-hydrogen) atoms. The lowest BCUT2D eigenvalue weighted by molar-refractivity contribution is 0.762. The number of anilines is 1. The molecule has 1 saturated carbocycles. The topological polar surface area (TPSA) is 53.1 Å². The van der Waals surface area contributed by atoms with Crippen LogP contribution in [0.25, 0.3) is 0 Å². The minimum atomic E-state index is 0.110. The van der Waals surface area contributed by atoms with Gasteiger partial charge in [-0.1, -0.05) is 18.5 Å². The molecule has 92 valence electrons. The maximum atomic E-state index is 7.64. The molecule has 0 heterocycles. The maximum absolute atomic E-state index is 7.64. The minimum Gasteiger partial charge on any atom is -0.384 e. The Morgan fingerprint density at radius 1 is 1.53 bits per heavy atom. The van der Waals surface area contributed by atoms with Crippen LogP contribution in [0.5, 0.6) is 0 Å². The second-order valence-corrected chi connectivity index (χ2v) is 4.94. The van der Waals surface area contributed by atoms with E-state index in [-0.39, 0.29) is 5.84 Å². The molecule has 0 amide bonds. The van der Waals surface area contributed by atoms with Gasteiger partial charge in [0.25, 0.3) is 0 Å². The van der Waals surface area contributed by atoms with Crippen molar-refractivity contribution >= 4 is 23.1 Å². The summed E-state index contributed by atoms with van der Waals surface area (Å²) in [5.41, 5.74) is 7.43. The first-order chi connectivity index (χ1) is 8.13. The molecule has 0 aliphatic heterocycles. The Bertz CT molecular complexity index is 427. The van der Waals surface area contributed by atoms with Crippen molar-refractivity contribution in [2.75, 3.05) is 11.4 Å². The zero-order chi connectivity index (χ0) is 12.4. The van der Waals surface area contributed by atoms with Crippen LogP contribution in [0, 0.1) is 5.41 Å². The van der Waals surface area contributed by atoms with Crippen molar-refractivity contribution in [2.24, 2.45) is 5.73 Å². The molecule has 4 heteroatoms.